The second-order valence-corrected chi connectivity index (χ2v) is 4.57. The lowest BCUT2D eigenvalue weighted by atomic mass is 10.1. The number of carbonyl (C=O) groups is 1. The molecule has 0 bridgehead atoms. The lowest BCUT2D eigenvalue weighted by molar-refractivity contribution is 0.0592. The summed E-state index contributed by atoms with van der Waals surface area (Å²) in [5.41, 5.74) is 2.31. The number of hydrogen-bond donors (Lipinski definition) is 0. The van der Waals surface area contributed by atoms with Crippen LogP contribution in [0.3, 0.4) is 0 Å². The van der Waals surface area contributed by atoms with Crippen molar-refractivity contribution in [1.29, 1.82) is 0 Å². The molecule has 0 saturated heterocycles. The molecule has 5 heteroatoms. The maximum atomic E-state index is 11.5. The van der Waals surface area contributed by atoms with Gasteiger partial charge < -0.3 is 4.74 Å². The number of aromatic nitrogens is 2. The zero-order chi connectivity index (χ0) is 12.4. The monoisotopic (exact) mass is 342 g/mol. The van der Waals surface area contributed by atoms with Gasteiger partial charge in [0, 0.05) is 12.6 Å². The summed E-state index contributed by atoms with van der Waals surface area (Å²) in [5, 5.41) is 4.19. The molecule has 0 fully saturated rings. The van der Waals surface area contributed by atoms with E-state index < -0.39 is 5.97 Å². The van der Waals surface area contributed by atoms with Crippen molar-refractivity contribution in [2.24, 2.45) is 7.05 Å². The highest BCUT2D eigenvalue weighted by atomic mass is 127. The Balaban J connectivity index is 2.57. The molecule has 4 nitrogen and oxygen atoms in total. The molecule has 1 aromatic heterocycles. The zero-order valence-corrected chi connectivity index (χ0v) is 11.6. The Morgan fingerprint density at radius 3 is 2.59 bits per heavy atom. The third-order valence-corrected chi connectivity index (χ3v) is 3.44. The summed E-state index contributed by atoms with van der Waals surface area (Å²) in [6.07, 6.45) is 0. The Hall–Kier alpha value is -1.37. The first-order valence-corrected chi connectivity index (χ1v) is 6.09. The topological polar surface area (TPSA) is 44.1 Å². The van der Waals surface area contributed by atoms with Crippen LogP contribution in [0.1, 0.15) is 10.5 Å². The summed E-state index contributed by atoms with van der Waals surface area (Å²) in [6, 6.07) is 9.83. The van der Waals surface area contributed by atoms with E-state index in [0.717, 1.165) is 14.8 Å². The molecule has 0 N–H and O–H groups in total. The van der Waals surface area contributed by atoms with E-state index in [9.17, 15) is 4.79 Å². The van der Waals surface area contributed by atoms with Crippen LogP contribution in [0.15, 0.2) is 30.3 Å². The Bertz CT molecular complexity index is 549. The van der Waals surface area contributed by atoms with Crippen LogP contribution < -0.4 is 0 Å². The predicted octanol–water partition coefficient (Wildman–Crippen LogP) is 2.48. The van der Waals surface area contributed by atoms with Crippen LogP contribution in [0.5, 0.6) is 0 Å². The first-order valence-electron chi connectivity index (χ1n) is 5.01. The molecule has 1 aromatic carbocycles. The number of nitrogens with zero attached hydrogens (tertiary/aromatic N) is 2. The number of esters is 1. The summed E-state index contributed by atoms with van der Waals surface area (Å²) in [5.74, 6) is -0.410. The number of ether oxygens (including phenoxy) is 1. The summed E-state index contributed by atoms with van der Waals surface area (Å²) in [6.45, 7) is 0. The van der Waals surface area contributed by atoms with Crippen LogP contribution >= 0.6 is 22.6 Å². The van der Waals surface area contributed by atoms with Gasteiger partial charge in [-0.15, -0.1) is 0 Å². The van der Waals surface area contributed by atoms with Gasteiger partial charge in [0.2, 0.25) is 0 Å². The summed E-state index contributed by atoms with van der Waals surface area (Å²) < 4.78 is 7.21. The van der Waals surface area contributed by atoms with Gasteiger partial charge in [0.25, 0.3) is 0 Å². The Morgan fingerprint density at radius 1 is 1.35 bits per heavy atom. The molecule has 0 amide bonds. The van der Waals surface area contributed by atoms with E-state index in [1.807, 2.05) is 37.4 Å². The van der Waals surface area contributed by atoms with Gasteiger partial charge in [0.1, 0.15) is 0 Å². The van der Waals surface area contributed by atoms with Crippen LogP contribution in [0.4, 0.5) is 0 Å². The summed E-state index contributed by atoms with van der Waals surface area (Å²) in [7, 11) is 3.17. The van der Waals surface area contributed by atoms with Crippen molar-refractivity contribution in [3.8, 4) is 11.3 Å². The molecule has 1 heterocycles. The summed E-state index contributed by atoms with van der Waals surface area (Å²) in [4.78, 5) is 11.5. The fraction of sp³-hybridized carbons (Fsp3) is 0.167. The minimum atomic E-state index is -0.410. The van der Waals surface area contributed by atoms with Gasteiger partial charge in [-0.2, -0.15) is 5.10 Å². The molecule has 0 saturated carbocycles. The Labute approximate surface area is 113 Å². The van der Waals surface area contributed by atoms with E-state index in [0.29, 0.717) is 5.69 Å². The van der Waals surface area contributed by atoms with Crippen molar-refractivity contribution in [2.75, 3.05) is 7.11 Å². The van der Waals surface area contributed by atoms with Gasteiger partial charge in [-0.3, -0.25) is 4.68 Å². The second-order valence-electron chi connectivity index (χ2n) is 3.49. The van der Waals surface area contributed by atoms with Gasteiger partial charge in [0.05, 0.1) is 16.4 Å². The fourth-order valence-electron chi connectivity index (χ4n) is 1.63. The van der Waals surface area contributed by atoms with E-state index in [1.54, 1.807) is 4.68 Å². The lowest BCUT2D eigenvalue weighted by Crippen LogP contribution is -2.04. The van der Waals surface area contributed by atoms with Crippen LogP contribution in [0.25, 0.3) is 11.3 Å². The van der Waals surface area contributed by atoms with Crippen molar-refractivity contribution in [1.82, 2.24) is 9.78 Å². The Morgan fingerprint density at radius 2 is 2.00 bits per heavy atom. The van der Waals surface area contributed by atoms with E-state index in [2.05, 4.69) is 27.7 Å². The number of halogens is 1. The zero-order valence-electron chi connectivity index (χ0n) is 9.48. The summed E-state index contributed by atoms with van der Waals surface area (Å²) >= 11 is 2.12. The number of hydrogen-bond acceptors (Lipinski definition) is 3. The van der Waals surface area contributed by atoms with E-state index in [4.69, 9.17) is 4.74 Å². The number of rotatable bonds is 2. The maximum absolute atomic E-state index is 11.5. The molecule has 0 radical (unpaired) electrons. The van der Waals surface area contributed by atoms with E-state index in [1.165, 1.54) is 7.11 Å². The molecule has 88 valence electrons. The molecule has 0 unspecified atom stereocenters. The van der Waals surface area contributed by atoms with Gasteiger partial charge in [-0.25, -0.2) is 4.79 Å². The first kappa shape index (κ1) is 12.1. The van der Waals surface area contributed by atoms with Crippen LogP contribution in [0.2, 0.25) is 0 Å². The van der Waals surface area contributed by atoms with Gasteiger partial charge >= 0.3 is 5.97 Å². The van der Waals surface area contributed by atoms with Gasteiger partial charge in [0.15, 0.2) is 5.69 Å². The normalized spacial score (nSPS) is 10.3. The molecular formula is C12H11IN2O2. The average molecular weight is 342 g/mol. The second kappa shape index (κ2) is 4.87. The predicted molar refractivity (Wildman–Crippen MR) is 72.7 cm³/mol. The van der Waals surface area contributed by atoms with Crippen molar-refractivity contribution < 1.29 is 9.53 Å². The van der Waals surface area contributed by atoms with Crippen molar-refractivity contribution in [2.45, 2.75) is 0 Å². The van der Waals surface area contributed by atoms with Crippen LogP contribution in [-0.2, 0) is 11.8 Å². The van der Waals surface area contributed by atoms with Crippen LogP contribution in [0, 0.1) is 3.57 Å². The molecule has 0 atom stereocenters. The molecule has 17 heavy (non-hydrogen) atoms. The van der Waals surface area contributed by atoms with Gasteiger partial charge in [-0.1, -0.05) is 30.3 Å². The van der Waals surface area contributed by atoms with E-state index >= 15 is 0 Å². The molecule has 2 rings (SSSR count). The lowest BCUT2D eigenvalue weighted by Gasteiger charge is -2.01. The number of benzene rings is 1. The minimum Gasteiger partial charge on any atom is -0.464 e. The molecule has 0 aliphatic rings. The number of carbonyl (C=O) groups excluding carboxylic acids is 1. The maximum Gasteiger partial charge on any atom is 0.359 e. The molecule has 2 aromatic rings. The highest BCUT2D eigenvalue weighted by Crippen LogP contribution is 2.27. The molecular weight excluding hydrogens is 331 g/mol. The standard InChI is InChI=1S/C12H11IN2O2/c1-15-11(8-6-4-3-5-7-8)9(13)10(14-15)12(16)17-2/h3-7H,1-2H3. The SMILES string of the molecule is COC(=O)c1nn(C)c(-c2ccccc2)c1I. The number of methoxy groups -OCH3 is 1. The molecule has 0 spiro atoms. The average Bonchev–Trinajstić information content (AvgIpc) is 2.65. The minimum absolute atomic E-state index is 0.356. The quantitative estimate of drug-likeness (QED) is 0.622. The first-order chi connectivity index (χ1) is 8.15. The van der Waals surface area contributed by atoms with Gasteiger partial charge in [-0.05, 0) is 22.6 Å². The molecule has 0 aliphatic carbocycles. The van der Waals surface area contributed by atoms with Crippen molar-refractivity contribution in [3.05, 3.63) is 39.6 Å². The largest absolute Gasteiger partial charge is 0.464 e. The smallest absolute Gasteiger partial charge is 0.359 e. The number of aryl methyl sites for hydroxylation is 1. The van der Waals surface area contributed by atoms with Crippen LogP contribution in [-0.4, -0.2) is 22.9 Å². The Kier molecular flexibility index (Phi) is 3.46. The highest BCUT2D eigenvalue weighted by Gasteiger charge is 2.21. The van der Waals surface area contributed by atoms with Crippen molar-refractivity contribution >= 4 is 28.6 Å². The third kappa shape index (κ3) is 2.19. The third-order valence-electron chi connectivity index (χ3n) is 2.42. The fourth-order valence-corrected chi connectivity index (χ4v) is 2.62. The van der Waals surface area contributed by atoms with Crippen molar-refractivity contribution in [3.63, 3.8) is 0 Å². The highest BCUT2D eigenvalue weighted by molar-refractivity contribution is 14.1. The van der Waals surface area contributed by atoms with E-state index in [-0.39, 0.29) is 0 Å². The molecule has 0 aliphatic heterocycles.